The van der Waals surface area contributed by atoms with Crippen LogP contribution in [0.4, 0.5) is 0 Å². The molecule has 2 heterocycles. The normalized spacial score (nSPS) is 11.1. The number of pyridine rings is 1. The first kappa shape index (κ1) is 13.0. The van der Waals surface area contributed by atoms with Crippen molar-refractivity contribution in [1.82, 2.24) is 14.5 Å². The molecular formula is C12H15N3O2S. The van der Waals surface area contributed by atoms with Crippen molar-refractivity contribution in [2.75, 3.05) is 12.9 Å². The number of hydrogen-bond acceptors (Lipinski definition) is 5. The van der Waals surface area contributed by atoms with Crippen molar-refractivity contribution in [3.63, 3.8) is 0 Å². The number of nitrogens with zero attached hydrogens (tertiary/aromatic N) is 3. The smallest absolute Gasteiger partial charge is 0.257 e. The van der Waals surface area contributed by atoms with E-state index in [1.54, 1.807) is 23.9 Å². The monoisotopic (exact) mass is 265 g/mol. The van der Waals surface area contributed by atoms with Gasteiger partial charge in [-0.3, -0.25) is 9.36 Å². The van der Waals surface area contributed by atoms with Crippen LogP contribution in [0.2, 0.25) is 0 Å². The molecule has 2 rings (SSSR count). The maximum Gasteiger partial charge on any atom is 0.257 e. The van der Waals surface area contributed by atoms with Gasteiger partial charge in [-0.05, 0) is 19.2 Å². The summed E-state index contributed by atoms with van der Waals surface area (Å²) < 4.78 is 6.84. The highest BCUT2D eigenvalue weighted by Crippen LogP contribution is 2.14. The third-order valence-corrected chi connectivity index (χ3v) is 3.21. The van der Waals surface area contributed by atoms with Gasteiger partial charge in [0, 0.05) is 30.8 Å². The third kappa shape index (κ3) is 2.39. The van der Waals surface area contributed by atoms with Gasteiger partial charge in [0.15, 0.2) is 5.16 Å². The average Bonchev–Trinajstić information content (AvgIpc) is 2.41. The Balaban J connectivity index is 2.59. The summed E-state index contributed by atoms with van der Waals surface area (Å²) >= 11 is 1.45. The predicted octanol–water partition coefficient (Wildman–Crippen LogP) is 1.59. The SMILES string of the molecule is CCOCc1cc2cnc(SC)nc2n(C)c1=O. The van der Waals surface area contributed by atoms with Crippen LogP contribution in [0.1, 0.15) is 12.5 Å². The van der Waals surface area contributed by atoms with Crippen molar-refractivity contribution < 1.29 is 4.74 Å². The van der Waals surface area contributed by atoms with Crippen LogP contribution in [-0.4, -0.2) is 27.4 Å². The molecule has 0 aliphatic heterocycles. The molecule has 0 atom stereocenters. The second-order valence-electron chi connectivity index (χ2n) is 3.81. The lowest BCUT2D eigenvalue weighted by Crippen LogP contribution is -2.22. The molecule has 0 bridgehead atoms. The second-order valence-corrected chi connectivity index (χ2v) is 4.58. The van der Waals surface area contributed by atoms with Gasteiger partial charge in [0.1, 0.15) is 5.65 Å². The Bertz CT molecular complexity index is 624. The summed E-state index contributed by atoms with van der Waals surface area (Å²) in [6.45, 7) is 2.81. The van der Waals surface area contributed by atoms with Gasteiger partial charge in [0.05, 0.1) is 6.61 Å². The van der Waals surface area contributed by atoms with Crippen LogP contribution in [0.5, 0.6) is 0 Å². The van der Waals surface area contributed by atoms with E-state index >= 15 is 0 Å². The summed E-state index contributed by atoms with van der Waals surface area (Å²) in [5, 5.41) is 1.51. The molecule has 96 valence electrons. The molecule has 0 N–H and O–H groups in total. The minimum atomic E-state index is -0.0679. The number of thioether (sulfide) groups is 1. The number of fused-ring (bicyclic) bond motifs is 1. The fourth-order valence-corrected chi connectivity index (χ4v) is 2.05. The van der Waals surface area contributed by atoms with Crippen LogP contribution in [0.3, 0.4) is 0 Å². The number of aromatic nitrogens is 3. The highest BCUT2D eigenvalue weighted by Gasteiger charge is 2.09. The molecule has 0 aliphatic carbocycles. The molecule has 0 aliphatic rings. The van der Waals surface area contributed by atoms with Gasteiger partial charge < -0.3 is 4.74 Å². The minimum absolute atomic E-state index is 0.0679. The number of ether oxygens (including phenoxy) is 1. The maximum atomic E-state index is 12.1. The molecule has 0 fully saturated rings. The van der Waals surface area contributed by atoms with E-state index < -0.39 is 0 Å². The Kier molecular flexibility index (Phi) is 3.98. The first-order chi connectivity index (χ1) is 8.67. The number of rotatable bonds is 4. The van der Waals surface area contributed by atoms with E-state index in [0.717, 1.165) is 5.39 Å². The van der Waals surface area contributed by atoms with Crippen LogP contribution < -0.4 is 5.56 Å². The zero-order valence-electron chi connectivity index (χ0n) is 10.6. The summed E-state index contributed by atoms with van der Waals surface area (Å²) in [5.74, 6) is 0. The third-order valence-electron chi connectivity index (χ3n) is 2.64. The summed E-state index contributed by atoms with van der Waals surface area (Å²) in [7, 11) is 1.72. The van der Waals surface area contributed by atoms with Crippen molar-refractivity contribution in [2.24, 2.45) is 7.05 Å². The van der Waals surface area contributed by atoms with Gasteiger partial charge in [0.25, 0.3) is 5.56 Å². The molecule has 0 aromatic carbocycles. The van der Waals surface area contributed by atoms with Gasteiger partial charge in [-0.25, -0.2) is 9.97 Å². The lowest BCUT2D eigenvalue weighted by molar-refractivity contribution is 0.133. The lowest BCUT2D eigenvalue weighted by atomic mass is 10.2. The van der Waals surface area contributed by atoms with Gasteiger partial charge in [0.2, 0.25) is 0 Å². The average molecular weight is 265 g/mol. The Hall–Kier alpha value is -1.40. The fraction of sp³-hybridized carbons (Fsp3) is 0.417. The van der Waals surface area contributed by atoms with Crippen LogP contribution in [-0.2, 0) is 18.4 Å². The first-order valence-corrected chi connectivity index (χ1v) is 6.87. The van der Waals surface area contributed by atoms with Crippen LogP contribution in [0, 0.1) is 0 Å². The standard InChI is InChI=1S/C12H15N3O2S/c1-4-17-7-9-5-8-6-13-12(18-3)14-10(8)15(2)11(9)16/h5-6H,4,7H2,1-3H3. The maximum absolute atomic E-state index is 12.1. The van der Waals surface area contributed by atoms with Gasteiger partial charge in [-0.1, -0.05) is 11.8 Å². The van der Waals surface area contributed by atoms with E-state index in [4.69, 9.17) is 4.74 Å². The summed E-state index contributed by atoms with van der Waals surface area (Å²) in [4.78, 5) is 20.7. The van der Waals surface area contributed by atoms with Crippen LogP contribution in [0.25, 0.3) is 11.0 Å². The zero-order valence-corrected chi connectivity index (χ0v) is 11.5. The fourth-order valence-electron chi connectivity index (χ4n) is 1.71. The molecule has 0 unspecified atom stereocenters. The molecule has 18 heavy (non-hydrogen) atoms. The summed E-state index contributed by atoms with van der Waals surface area (Å²) in [6, 6.07) is 1.80. The molecular weight excluding hydrogens is 250 g/mol. The van der Waals surface area contributed by atoms with Crippen molar-refractivity contribution in [1.29, 1.82) is 0 Å². The van der Waals surface area contributed by atoms with E-state index in [1.165, 1.54) is 11.8 Å². The molecule has 0 spiro atoms. The second kappa shape index (κ2) is 5.49. The van der Waals surface area contributed by atoms with Crippen molar-refractivity contribution in [3.05, 3.63) is 28.2 Å². The van der Waals surface area contributed by atoms with E-state index in [0.29, 0.717) is 29.6 Å². The molecule has 0 saturated carbocycles. The van der Waals surface area contributed by atoms with E-state index in [9.17, 15) is 4.79 Å². The number of aryl methyl sites for hydroxylation is 1. The summed E-state index contributed by atoms with van der Waals surface area (Å²) in [5.41, 5.74) is 1.22. The zero-order chi connectivity index (χ0) is 13.1. The minimum Gasteiger partial charge on any atom is -0.377 e. The van der Waals surface area contributed by atoms with E-state index in [2.05, 4.69) is 9.97 Å². The Labute approximate surface area is 109 Å². The van der Waals surface area contributed by atoms with Crippen LogP contribution >= 0.6 is 11.8 Å². The Morgan fingerprint density at radius 1 is 1.50 bits per heavy atom. The molecule has 6 heteroatoms. The van der Waals surface area contributed by atoms with E-state index in [-0.39, 0.29) is 5.56 Å². The molecule has 0 radical (unpaired) electrons. The first-order valence-electron chi connectivity index (χ1n) is 5.64. The Morgan fingerprint density at radius 3 is 2.94 bits per heavy atom. The highest BCUT2D eigenvalue weighted by atomic mass is 32.2. The summed E-state index contributed by atoms with van der Waals surface area (Å²) in [6.07, 6.45) is 3.64. The largest absolute Gasteiger partial charge is 0.377 e. The Morgan fingerprint density at radius 2 is 2.28 bits per heavy atom. The quantitative estimate of drug-likeness (QED) is 0.620. The van der Waals surface area contributed by atoms with Gasteiger partial charge in [-0.2, -0.15) is 0 Å². The van der Waals surface area contributed by atoms with Crippen molar-refractivity contribution in [2.45, 2.75) is 18.7 Å². The van der Waals surface area contributed by atoms with Crippen molar-refractivity contribution >= 4 is 22.8 Å². The molecule has 0 saturated heterocycles. The van der Waals surface area contributed by atoms with Gasteiger partial charge >= 0.3 is 0 Å². The van der Waals surface area contributed by atoms with Crippen molar-refractivity contribution in [3.8, 4) is 0 Å². The molecule has 5 nitrogen and oxygen atoms in total. The van der Waals surface area contributed by atoms with E-state index in [1.807, 2.05) is 13.2 Å². The van der Waals surface area contributed by atoms with Crippen LogP contribution in [0.15, 0.2) is 22.2 Å². The van der Waals surface area contributed by atoms with Gasteiger partial charge in [-0.15, -0.1) is 0 Å². The molecule has 2 aromatic rings. The molecule has 0 amide bonds. The molecule has 2 aromatic heterocycles. The number of hydrogen-bond donors (Lipinski definition) is 0. The predicted molar refractivity (Wildman–Crippen MR) is 71.9 cm³/mol. The lowest BCUT2D eigenvalue weighted by Gasteiger charge is -2.08. The highest BCUT2D eigenvalue weighted by molar-refractivity contribution is 7.98. The topological polar surface area (TPSA) is 57.0 Å².